The second kappa shape index (κ2) is 7.02. The number of hydroxylamine groups is 1. The third kappa shape index (κ3) is 3.32. The minimum Gasteiger partial charge on any atom is -0.493 e. The molecule has 3 aromatic rings. The number of hydrogen-bond donors (Lipinski definition) is 1. The number of amides is 1. The molecule has 4 heteroatoms. The van der Waals surface area contributed by atoms with E-state index in [1.165, 1.54) is 5.56 Å². The number of ether oxygens (including phenoxy) is 1. The SMILES string of the molecule is O=C(Cc1ccccc1)N(O)c1ccc(-c2ccc3c(c2)CCO3)cc1. The van der Waals surface area contributed by atoms with Crippen LogP contribution in [0.3, 0.4) is 0 Å². The van der Waals surface area contributed by atoms with Gasteiger partial charge in [0, 0.05) is 6.42 Å². The van der Waals surface area contributed by atoms with Gasteiger partial charge in [-0.1, -0.05) is 48.5 Å². The van der Waals surface area contributed by atoms with Crippen LogP contribution in [0.1, 0.15) is 11.1 Å². The molecule has 0 aliphatic carbocycles. The van der Waals surface area contributed by atoms with Gasteiger partial charge >= 0.3 is 0 Å². The number of rotatable bonds is 4. The first-order chi connectivity index (χ1) is 12.7. The molecule has 1 amide bonds. The Labute approximate surface area is 152 Å². The van der Waals surface area contributed by atoms with E-state index in [1.807, 2.05) is 54.6 Å². The summed E-state index contributed by atoms with van der Waals surface area (Å²) >= 11 is 0. The Kier molecular flexibility index (Phi) is 4.42. The molecule has 1 aliphatic rings. The number of anilines is 1. The summed E-state index contributed by atoms with van der Waals surface area (Å²) in [6, 6.07) is 22.9. The molecule has 0 radical (unpaired) electrons. The lowest BCUT2D eigenvalue weighted by Crippen LogP contribution is -2.28. The molecular weight excluding hydrogens is 326 g/mol. The fraction of sp³-hybridized carbons (Fsp3) is 0.136. The van der Waals surface area contributed by atoms with Crippen molar-refractivity contribution in [1.82, 2.24) is 0 Å². The number of carbonyl (C=O) groups excluding carboxylic acids is 1. The van der Waals surface area contributed by atoms with Gasteiger partial charge in [0.2, 0.25) is 0 Å². The highest BCUT2D eigenvalue weighted by Crippen LogP contribution is 2.31. The minimum atomic E-state index is -0.362. The zero-order chi connectivity index (χ0) is 17.9. The highest BCUT2D eigenvalue weighted by Gasteiger charge is 2.15. The van der Waals surface area contributed by atoms with E-state index >= 15 is 0 Å². The van der Waals surface area contributed by atoms with Crippen LogP contribution in [0.25, 0.3) is 11.1 Å². The predicted octanol–water partition coefficient (Wildman–Crippen LogP) is 4.25. The topological polar surface area (TPSA) is 49.8 Å². The van der Waals surface area contributed by atoms with Crippen LogP contribution >= 0.6 is 0 Å². The molecule has 0 atom stereocenters. The van der Waals surface area contributed by atoms with Gasteiger partial charge in [-0.3, -0.25) is 10.0 Å². The Morgan fingerprint density at radius 1 is 0.962 bits per heavy atom. The van der Waals surface area contributed by atoms with Crippen molar-refractivity contribution in [3.63, 3.8) is 0 Å². The molecule has 4 nitrogen and oxygen atoms in total. The van der Waals surface area contributed by atoms with Gasteiger partial charge in [-0.2, -0.15) is 5.06 Å². The smallest absolute Gasteiger partial charge is 0.255 e. The number of fused-ring (bicyclic) bond motifs is 1. The average molecular weight is 345 g/mol. The minimum absolute atomic E-state index is 0.157. The van der Waals surface area contributed by atoms with Crippen LogP contribution in [0.4, 0.5) is 5.69 Å². The molecule has 1 heterocycles. The molecule has 0 unspecified atom stereocenters. The van der Waals surface area contributed by atoms with Gasteiger partial charge in [0.25, 0.3) is 5.91 Å². The van der Waals surface area contributed by atoms with Crippen molar-refractivity contribution in [2.75, 3.05) is 11.7 Å². The predicted molar refractivity (Wildman–Crippen MR) is 100 cm³/mol. The van der Waals surface area contributed by atoms with Gasteiger partial charge in [0.15, 0.2) is 0 Å². The van der Waals surface area contributed by atoms with Gasteiger partial charge in [0.05, 0.1) is 18.7 Å². The second-order valence-electron chi connectivity index (χ2n) is 6.34. The summed E-state index contributed by atoms with van der Waals surface area (Å²) in [7, 11) is 0. The third-order valence-electron chi connectivity index (χ3n) is 4.57. The van der Waals surface area contributed by atoms with E-state index in [-0.39, 0.29) is 12.3 Å². The Hall–Kier alpha value is -3.11. The van der Waals surface area contributed by atoms with Crippen LogP contribution in [0.5, 0.6) is 5.75 Å². The highest BCUT2D eigenvalue weighted by atomic mass is 16.5. The van der Waals surface area contributed by atoms with Crippen LogP contribution in [-0.2, 0) is 17.6 Å². The normalized spacial score (nSPS) is 12.3. The van der Waals surface area contributed by atoms with Crippen LogP contribution in [0.15, 0.2) is 72.8 Å². The maximum Gasteiger partial charge on any atom is 0.255 e. The molecule has 0 aromatic heterocycles. The summed E-state index contributed by atoms with van der Waals surface area (Å²) in [5, 5.41) is 10.9. The summed E-state index contributed by atoms with van der Waals surface area (Å²) in [5.41, 5.74) is 4.68. The number of carbonyl (C=O) groups is 1. The summed E-state index contributed by atoms with van der Waals surface area (Å²) in [4.78, 5) is 12.3. The second-order valence-corrected chi connectivity index (χ2v) is 6.34. The molecular formula is C22H19NO3. The molecule has 1 aliphatic heterocycles. The molecule has 0 bridgehead atoms. The molecule has 0 saturated carbocycles. The largest absolute Gasteiger partial charge is 0.493 e. The van der Waals surface area contributed by atoms with Crippen LogP contribution < -0.4 is 9.80 Å². The Morgan fingerprint density at radius 2 is 1.69 bits per heavy atom. The van der Waals surface area contributed by atoms with Gasteiger partial charge in [-0.15, -0.1) is 0 Å². The van der Waals surface area contributed by atoms with Crippen molar-refractivity contribution in [3.8, 4) is 16.9 Å². The van der Waals surface area contributed by atoms with Gasteiger partial charge < -0.3 is 4.74 Å². The Bertz CT molecular complexity index is 920. The summed E-state index contributed by atoms with van der Waals surface area (Å²) in [5.74, 6) is 0.594. The molecule has 0 fully saturated rings. The monoisotopic (exact) mass is 345 g/mol. The van der Waals surface area contributed by atoms with Crippen LogP contribution in [0, 0.1) is 0 Å². The van der Waals surface area contributed by atoms with E-state index in [0.29, 0.717) is 10.8 Å². The van der Waals surface area contributed by atoms with E-state index in [1.54, 1.807) is 12.1 Å². The third-order valence-corrected chi connectivity index (χ3v) is 4.57. The number of benzene rings is 3. The van der Waals surface area contributed by atoms with Crippen molar-refractivity contribution in [2.45, 2.75) is 12.8 Å². The summed E-state index contributed by atoms with van der Waals surface area (Å²) in [6.45, 7) is 0.737. The molecule has 4 rings (SSSR count). The molecule has 0 saturated heterocycles. The average Bonchev–Trinajstić information content (AvgIpc) is 3.16. The van der Waals surface area contributed by atoms with Crippen molar-refractivity contribution in [2.24, 2.45) is 0 Å². The highest BCUT2D eigenvalue weighted by molar-refractivity contribution is 5.92. The zero-order valence-electron chi connectivity index (χ0n) is 14.3. The fourth-order valence-corrected chi connectivity index (χ4v) is 3.15. The lowest BCUT2D eigenvalue weighted by Gasteiger charge is -2.15. The van der Waals surface area contributed by atoms with Crippen LogP contribution in [-0.4, -0.2) is 17.7 Å². The van der Waals surface area contributed by atoms with E-state index in [4.69, 9.17) is 4.74 Å². The van der Waals surface area contributed by atoms with E-state index in [9.17, 15) is 10.0 Å². The Balaban J connectivity index is 1.49. The van der Waals surface area contributed by atoms with Gasteiger partial charge in [-0.05, 0) is 46.5 Å². The van der Waals surface area contributed by atoms with Crippen molar-refractivity contribution >= 4 is 11.6 Å². The first kappa shape index (κ1) is 16.4. The summed E-state index contributed by atoms with van der Waals surface area (Å²) < 4.78 is 5.54. The zero-order valence-corrected chi connectivity index (χ0v) is 14.3. The molecule has 1 N–H and O–H groups in total. The number of nitrogens with zero attached hydrogens (tertiary/aromatic N) is 1. The quantitative estimate of drug-likeness (QED) is 0.568. The maximum absolute atomic E-state index is 12.3. The number of hydrogen-bond acceptors (Lipinski definition) is 3. The first-order valence-electron chi connectivity index (χ1n) is 8.62. The van der Waals surface area contributed by atoms with Crippen molar-refractivity contribution < 1.29 is 14.7 Å². The van der Waals surface area contributed by atoms with Gasteiger partial charge in [-0.25, -0.2) is 0 Å². The Morgan fingerprint density at radius 3 is 2.46 bits per heavy atom. The molecule has 3 aromatic carbocycles. The fourth-order valence-electron chi connectivity index (χ4n) is 3.15. The van der Waals surface area contributed by atoms with Gasteiger partial charge in [0.1, 0.15) is 5.75 Å². The van der Waals surface area contributed by atoms with Crippen LogP contribution in [0.2, 0.25) is 0 Å². The van der Waals surface area contributed by atoms with Crippen molar-refractivity contribution in [1.29, 1.82) is 0 Å². The van der Waals surface area contributed by atoms with Crippen molar-refractivity contribution in [3.05, 3.63) is 83.9 Å². The van der Waals surface area contributed by atoms with E-state index < -0.39 is 0 Å². The first-order valence-corrected chi connectivity index (χ1v) is 8.62. The molecule has 26 heavy (non-hydrogen) atoms. The van der Waals surface area contributed by atoms with E-state index in [0.717, 1.165) is 35.5 Å². The molecule has 0 spiro atoms. The molecule has 130 valence electrons. The summed E-state index contributed by atoms with van der Waals surface area (Å²) in [6.07, 6.45) is 1.09. The standard InChI is InChI=1S/C22H19NO3/c24-22(14-16-4-2-1-3-5-16)23(25)20-9-6-17(7-10-20)18-8-11-21-19(15-18)12-13-26-21/h1-11,15,25H,12-14H2. The lowest BCUT2D eigenvalue weighted by atomic mass is 10.0. The van der Waals surface area contributed by atoms with E-state index in [2.05, 4.69) is 6.07 Å². The lowest BCUT2D eigenvalue weighted by molar-refractivity contribution is -0.122. The maximum atomic E-state index is 12.3.